The minimum atomic E-state index is -4.18. The van der Waals surface area contributed by atoms with Crippen LogP contribution < -0.4 is 11.1 Å². The number of nitrogens with two attached hydrogens (primary N) is 1. The SMILES string of the molecule is CCC(C)C(N)C(=O)NCCCN(C)CC(F)(F)F.Cl. The van der Waals surface area contributed by atoms with Crippen LogP contribution in [0.5, 0.6) is 0 Å². The van der Waals surface area contributed by atoms with Gasteiger partial charge >= 0.3 is 6.18 Å². The Bertz CT molecular complexity index is 277. The second-order valence-corrected chi connectivity index (χ2v) is 4.91. The molecule has 8 heteroatoms. The summed E-state index contributed by atoms with van der Waals surface area (Å²) in [5.41, 5.74) is 5.73. The topological polar surface area (TPSA) is 58.4 Å². The average molecular weight is 320 g/mol. The summed E-state index contributed by atoms with van der Waals surface area (Å²) in [6.45, 7) is 3.52. The van der Waals surface area contributed by atoms with E-state index >= 15 is 0 Å². The lowest BCUT2D eigenvalue weighted by Crippen LogP contribution is -2.45. The normalized spacial score (nSPS) is 14.6. The van der Waals surface area contributed by atoms with Crippen LogP contribution in [0.4, 0.5) is 13.2 Å². The molecule has 2 atom stereocenters. The third-order valence-electron chi connectivity index (χ3n) is 3.02. The van der Waals surface area contributed by atoms with Gasteiger partial charge in [0.25, 0.3) is 0 Å². The van der Waals surface area contributed by atoms with Crippen LogP contribution in [0.25, 0.3) is 0 Å². The lowest BCUT2D eigenvalue weighted by molar-refractivity contribution is -0.143. The van der Waals surface area contributed by atoms with Crippen LogP contribution in [-0.2, 0) is 4.79 Å². The summed E-state index contributed by atoms with van der Waals surface area (Å²) in [4.78, 5) is 12.8. The fraction of sp³-hybridized carbons (Fsp3) is 0.917. The Kier molecular flexibility index (Phi) is 11.1. The maximum atomic E-state index is 12.0. The van der Waals surface area contributed by atoms with Crippen molar-refractivity contribution in [3.63, 3.8) is 0 Å². The third-order valence-corrected chi connectivity index (χ3v) is 3.02. The molecule has 0 aromatic heterocycles. The lowest BCUT2D eigenvalue weighted by atomic mass is 9.99. The van der Waals surface area contributed by atoms with Gasteiger partial charge in [-0.05, 0) is 25.9 Å². The summed E-state index contributed by atoms with van der Waals surface area (Å²) in [7, 11) is 1.40. The van der Waals surface area contributed by atoms with Gasteiger partial charge in [-0.15, -0.1) is 12.4 Å². The van der Waals surface area contributed by atoms with E-state index in [1.54, 1.807) is 0 Å². The number of carbonyl (C=O) groups excluding carboxylic acids is 1. The van der Waals surface area contributed by atoms with Gasteiger partial charge in [0.05, 0.1) is 12.6 Å². The molecule has 0 radical (unpaired) electrons. The van der Waals surface area contributed by atoms with E-state index in [2.05, 4.69) is 5.32 Å². The van der Waals surface area contributed by atoms with Crippen molar-refractivity contribution in [3.8, 4) is 0 Å². The highest BCUT2D eigenvalue weighted by molar-refractivity contribution is 5.85. The van der Waals surface area contributed by atoms with Crippen molar-refractivity contribution in [2.24, 2.45) is 11.7 Å². The fourth-order valence-electron chi connectivity index (χ4n) is 1.58. The Morgan fingerprint density at radius 2 is 1.95 bits per heavy atom. The lowest BCUT2D eigenvalue weighted by Gasteiger charge is -2.20. The van der Waals surface area contributed by atoms with Crippen molar-refractivity contribution in [2.75, 3.05) is 26.7 Å². The Hall–Kier alpha value is -0.530. The average Bonchev–Trinajstić information content (AvgIpc) is 2.30. The van der Waals surface area contributed by atoms with Crippen molar-refractivity contribution in [1.82, 2.24) is 10.2 Å². The molecule has 0 heterocycles. The maximum Gasteiger partial charge on any atom is 0.401 e. The molecule has 4 nitrogen and oxygen atoms in total. The first-order valence-electron chi connectivity index (χ1n) is 6.46. The van der Waals surface area contributed by atoms with Gasteiger partial charge in [0, 0.05) is 6.54 Å². The third kappa shape index (κ3) is 10.3. The van der Waals surface area contributed by atoms with Gasteiger partial charge in [-0.25, -0.2) is 0 Å². The van der Waals surface area contributed by atoms with Crippen molar-refractivity contribution in [3.05, 3.63) is 0 Å². The van der Waals surface area contributed by atoms with Crippen molar-refractivity contribution < 1.29 is 18.0 Å². The van der Waals surface area contributed by atoms with E-state index in [4.69, 9.17) is 5.73 Å². The number of carbonyl (C=O) groups is 1. The minimum absolute atomic E-state index is 0. The molecule has 0 aliphatic heterocycles. The van der Waals surface area contributed by atoms with E-state index in [1.165, 1.54) is 11.9 Å². The highest BCUT2D eigenvalue weighted by Crippen LogP contribution is 2.15. The molecule has 0 rings (SSSR count). The van der Waals surface area contributed by atoms with Gasteiger partial charge in [0.2, 0.25) is 5.91 Å². The molecular weight excluding hydrogens is 295 g/mol. The fourth-order valence-corrected chi connectivity index (χ4v) is 1.58. The molecule has 0 fully saturated rings. The van der Waals surface area contributed by atoms with Gasteiger partial charge in [0.15, 0.2) is 0 Å². The first-order chi connectivity index (χ1) is 8.67. The van der Waals surface area contributed by atoms with Crippen LogP contribution >= 0.6 is 12.4 Å². The predicted octanol–water partition coefficient (Wildman–Crippen LogP) is 1.78. The quantitative estimate of drug-likeness (QED) is 0.671. The summed E-state index contributed by atoms with van der Waals surface area (Å²) in [6, 6.07) is -0.557. The van der Waals surface area contributed by atoms with Crippen LogP contribution in [0.2, 0.25) is 0 Å². The number of hydrogen-bond donors (Lipinski definition) is 2. The Morgan fingerprint density at radius 3 is 2.40 bits per heavy atom. The van der Waals surface area contributed by atoms with Crippen LogP contribution in [-0.4, -0.2) is 49.7 Å². The number of amides is 1. The highest BCUT2D eigenvalue weighted by Gasteiger charge is 2.28. The molecule has 122 valence electrons. The van der Waals surface area contributed by atoms with E-state index in [0.717, 1.165) is 6.42 Å². The molecule has 0 bridgehead atoms. The largest absolute Gasteiger partial charge is 0.401 e. The molecule has 2 unspecified atom stereocenters. The number of halogens is 4. The Morgan fingerprint density at radius 1 is 1.40 bits per heavy atom. The van der Waals surface area contributed by atoms with Gasteiger partial charge in [-0.1, -0.05) is 20.3 Å². The summed E-state index contributed by atoms with van der Waals surface area (Å²) >= 11 is 0. The molecule has 0 aliphatic rings. The van der Waals surface area contributed by atoms with E-state index < -0.39 is 18.8 Å². The highest BCUT2D eigenvalue weighted by atomic mass is 35.5. The van der Waals surface area contributed by atoms with Crippen molar-refractivity contribution in [2.45, 2.75) is 38.9 Å². The number of alkyl halides is 3. The predicted molar refractivity (Wildman–Crippen MR) is 75.9 cm³/mol. The second-order valence-electron chi connectivity index (χ2n) is 4.91. The Balaban J connectivity index is 0. The second kappa shape index (κ2) is 10.2. The zero-order valence-corrected chi connectivity index (χ0v) is 13.0. The van der Waals surface area contributed by atoms with Gasteiger partial charge in [0.1, 0.15) is 0 Å². The van der Waals surface area contributed by atoms with E-state index in [9.17, 15) is 18.0 Å². The molecule has 0 saturated heterocycles. The molecule has 0 aliphatic carbocycles. The van der Waals surface area contributed by atoms with E-state index in [1.807, 2.05) is 13.8 Å². The van der Waals surface area contributed by atoms with Crippen molar-refractivity contribution in [1.29, 1.82) is 0 Å². The standard InChI is InChI=1S/C12H24F3N3O.ClH/c1-4-9(2)10(16)11(19)17-6-5-7-18(3)8-12(13,14)15;/h9-10H,4-8,16H2,1-3H3,(H,17,19);1H. The van der Waals surface area contributed by atoms with Crippen molar-refractivity contribution >= 4 is 18.3 Å². The number of rotatable bonds is 8. The first kappa shape index (κ1) is 21.8. The van der Waals surface area contributed by atoms with Gasteiger partial charge in [-0.3, -0.25) is 9.69 Å². The minimum Gasteiger partial charge on any atom is -0.355 e. The molecule has 20 heavy (non-hydrogen) atoms. The summed E-state index contributed by atoms with van der Waals surface area (Å²) in [5.74, 6) is -0.152. The van der Waals surface area contributed by atoms with Crippen LogP contribution in [0, 0.1) is 5.92 Å². The number of nitrogens with one attached hydrogen (secondary N) is 1. The number of nitrogens with zero attached hydrogens (tertiary/aromatic N) is 1. The summed E-state index contributed by atoms with van der Waals surface area (Å²) in [6.07, 6.45) is -2.91. The van der Waals surface area contributed by atoms with Crippen LogP contribution in [0.1, 0.15) is 26.7 Å². The molecule has 3 N–H and O–H groups in total. The van der Waals surface area contributed by atoms with E-state index in [-0.39, 0.29) is 30.8 Å². The molecule has 0 aromatic carbocycles. The zero-order valence-electron chi connectivity index (χ0n) is 12.2. The molecule has 0 spiro atoms. The maximum absolute atomic E-state index is 12.0. The molecule has 1 amide bonds. The number of hydrogen-bond acceptors (Lipinski definition) is 3. The van der Waals surface area contributed by atoms with Gasteiger partial charge in [-0.2, -0.15) is 13.2 Å². The van der Waals surface area contributed by atoms with Crippen LogP contribution in [0.3, 0.4) is 0 Å². The molecule has 0 aromatic rings. The first-order valence-corrected chi connectivity index (χ1v) is 6.46. The summed E-state index contributed by atoms with van der Waals surface area (Å²) in [5, 5.41) is 2.64. The van der Waals surface area contributed by atoms with Crippen LogP contribution in [0.15, 0.2) is 0 Å². The molecular formula is C12H25ClF3N3O. The smallest absolute Gasteiger partial charge is 0.355 e. The molecule has 0 saturated carbocycles. The zero-order chi connectivity index (χ0) is 15.1. The van der Waals surface area contributed by atoms with E-state index in [0.29, 0.717) is 13.0 Å². The summed E-state index contributed by atoms with van der Waals surface area (Å²) < 4.78 is 36.1. The van der Waals surface area contributed by atoms with Gasteiger partial charge < -0.3 is 11.1 Å². The monoisotopic (exact) mass is 319 g/mol. The Labute approximate surface area is 124 Å².